The monoisotopic (exact) mass is 530 g/mol. The Labute approximate surface area is 194 Å². The lowest BCUT2D eigenvalue weighted by molar-refractivity contribution is 0.299. The molecule has 1 fully saturated rings. The number of nitrogens with one attached hydrogen (secondary N) is 2. The number of benzene rings is 1. The summed E-state index contributed by atoms with van der Waals surface area (Å²) in [6.45, 7) is 2.58. The zero-order valence-electron chi connectivity index (χ0n) is 18.0. The molecule has 2 aromatic rings. The minimum absolute atomic E-state index is 0. The number of rotatable bonds is 7. The number of H-pyrrole nitrogens is 1. The molecule has 0 spiro atoms. The number of aromatic amines is 1. The lowest BCUT2D eigenvalue weighted by Gasteiger charge is -2.33. The molecule has 2 N–H and O–H groups in total. The maximum Gasteiger partial charge on any atom is 0.193 e. The highest BCUT2D eigenvalue weighted by Crippen LogP contribution is 2.34. The summed E-state index contributed by atoms with van der Waals surface area (Å²) in [7, 11) is 6.76. The number of likely N-dealkylation sites (tertiary alicyclic amines) is 1. The van der Waals surface area contributed by atoms with E-state index in [-0.39, 0.29) is 24.0 Å². The van der Waals surface area contributed by atoms with Gasteiger partial charge in [-0.15, -0.1) is 24.0 Å². The molecule has 1 aromatic carbocycles. The number of aromatic nitrogens is 3. The predicted molar refractivity (Wildman–Crippen MR) is 127 cm³/mol. The van der Waals surface area contributed by atoms with Crippen molar-refractivity contribution in [2.24, 2.45) is 4.99 Å². The van der Waals surface area contributed by atoms with Gasteiger partial charge in [-0.3, -0.25) is 10.1 Å². The smallest absolute Gasteiger partial charge is 0.193 e. The second kappa shape index (κ2) is 11.8. The molecule has 0 radical (unpaired) electrons. The fourth-order valence-electron chi connectivity index (χ4n) is 3.73. The molecule has 2 heterocycles. The molecule has 0 aliphatic carbocycles. The van der Waals surface area contributed by atoms with Gasteiger partial charge in [0.2, 0.25) is 0 Å². The van der Waals surface area contributed by atoms with Crippen molar-refractivity contribution >= 4 is 29.9 Å². The molecule has 10 heteroatoms. The first-order chi connectivity index (χ1) is 14.2. The number of hydrogen-bond acceptors (Lipinski definition) is 6. The highest BCUT2D eigenvalue weighted by atomic mass is 127. The molecule has 0 amide bonds. The average molecular weight is 530 g/mol. The minimum atomic E-state index is 0. The van der Waals surface area contributed by atoms with E-state index in [1.165, 1.54) is 0 Å². The van der Waals surface area contributed by atoms with Crippen LogP contribution in [0.3, 0.4) is 0 Å². The lowest BCUT2D eigenvalue weighted by Crippen LogP contribution is -2.45. The van der Waals surface area contributed by atoms with E-state index in [0.29, 0.717) is 18.2 Å². The number of ether oxygens (including phenoxy) is 3. The molecule has 0 atom stereocenters. The maximum atomic E-state index is 5.54. The van der Waals surface area contributed by atoms with Gasteiger partial charge in [-0.1, -0.05) is 0 Å². The van der Waals surface area contributed by atoms with Gasteiger partial charge >= 0.3 is 0 Å². The molecule has 1 saturated heterocycles. The molecular weight excluding hydrogens is 499 g/mol. The Hall–Kier alpha value is -2.24. The van der Waals surface area contributed by atoms with Crippen molar-refractivity contribution in [3.05, 3.63) is 29.8 Å². The van der Waals surface area contributed by atoms with Crippen molar-refractivity contribution < 1.29 is 14.2 Å². The Morgan fingerprint density at radius 3 is 2.33 bits per heavy atom. The van der Waals surface area contributed by atoms with Crippen LogP contribution in [0.15, 0.2) is 23.5 Å². The normalized spacial score (nSPS) is 14.8. The standard InChI is InChI=1S/C20H30N6O3.HI/c1-21-20(26-9-6-14(7-10-26)19-23-13-24-25-19)22-8-5-16-17(28-3)11-15(27-2)12-18(16)29-4;/h11-14H,5-10H2,1-4H3,(H,21,22)(H,23,24,25);1H. The summed E-state index contributed by atoms with van der Waals surface area (Å²) < 4.78 is 16.4. The summed E-state index contributed by atoms with van der Waals surface area (Å²) in [4.78, 5) is 11.0. The van der Waals surface area contributed by atoms with Crippen LogP contribution < -0.4 is 19.5 Å². The third-order valence-corrected chi connectivity index (χ3v) is 5.30. The van der Waals surface area contributed by atoms with Crippen molar-refractivity contribution in [2.75, 3.05) is 48.0 Å². The van der Waals surface area contributed by atoms with Crippen molar-refractivity contribution in [3.8, 4) is 17.2 Å². The number of guanidine groups is 1. The second-order valence-corrected chi connectivity index (χ2v) is 6.87. The van der Waals surface area contributed by atoms with Crippen LogP contribution in [0.1, 0.15) is 30.1 Å². The number of aliphatic imine (C=N–C) groups is 1. The molecular formula is C20H31IN6O3. The Kier molecular flexibility index (Phi) is 9.47. The molecule has 0 saturated carbocycles. The Bertz CT molecular complexity index is 782. The summed E-state index contributed by atoms with van der Waals surface area (Å²) in [5, 5.41) is 10.4. The van der Waals surface area contributed by atoms with Crippen LogP contribution >= 0.6 is 24.0 Å². The van der Waals surface area contributed by atoms with E-state index >= 15 is 0 Å². The Morgan fingerprint density at radius 2 is 1.83 bits per heavy atom. The zero-order chi connectivity index (χ0) is 20.6. The van der Waals surface area contributed by atoms with E-state index in [4.69, 9.17) is 14.2 Å². The summed E-state index contributed by atoms with van der Waals surface area (Å²) in [5.41, 5.74) is 1.00. The average Bonchev–Trinajstić information content (AvgIpc) is 3.31. The fraction of sp³-hybridized carbons (Fsp3) is 0.550. The number of nitrogens with zero attached hydrogens (tertiary/aromatic N) is 4. The van der Waals surface area contributed by atoms with Gasteiger partial charge in [0.1, 0.15) is 29.4 Å². The largest absolute Gasteiger partial charge is 0.496 e. The first kappa shape index (κ1) is 24.0. The van der Waals surface area contributed by atoms with Gasteiger partial charge in [0, 0.05) is 50.3 Å². The summed E-state index contributed by atoms with van der Waals surface area (Å²) in [5.74, 6) is 4.54. The van der Waals surface area contributed by atoms with Gasteiger partial charge in [-0.2, -0.15) is 5.10 Å². The SMILES string of the molecule is CN=C(NCCc1c(OC)cc(OC)cc1OC)N1CCC(c2ncn[nH]2)CC1.I. The van der Waals surface area contributed by atoms with Gasteiger partial charge in [0.15, 0.2) is 5.96 Å². The van der Waals surface area contributed by atoms with Crippen LogP contribution in [0.4, 0.5) is 0 Å². The Balaban J connectivity index is 0.00000320. The molecule has 0 bridgehead atoms. The van der Waals surface area contributed by atoms with Gasteiger partial charge in [-0.25, -0.2) is 4.98 Å². The molecule has 30 heavy (non-hydrogen) atoms. The topological polar surface area (TPSA) is 96.9 Å². The summed E-state index contributed by atoms with van der Waals surface area (Å²) in [6.07, 6.45) is 4.36. The van der Waals surface area contributed by atoms with Crippen molar-refractivity contribution in [3.63, 3.8) is 0 Å². The van der Waals surface area contributed by atoms with Crippen LogP contribution in [-0.2, 0) is 6.42 Å². The van der Waals surface area contributed by atoms with Gasteiger partial charge in [-0.05, 0) is 19.3 Å². The third-order valence-electron chi connectivity index (χ3n) is 5.30. The number of methoxy groups -OCH3 is 3. The number of halogens is 1. The van der Waals surface area contributed by atoms with E-state index in [9.17, 15) is 0 Å². The van der Waals surface area contributed by atoms with Crippen LogP contribution in [-0.4, -0.2) is 74.1 Å². The van der Waals surface area contributed by atoms with Gasteiger partial charge in [0.25, 0.3) is 0 Å². The predicted octanol–water partition coefficient (Wildman–Crippen LogP) is 2.45. The molecule has 166 valence electrons. The highest BCUT2D eigenvalue weighted by Gasteiger charge is 2.24. The third kappa shape index (κ3) is 5.67. The number of hydrogen-bond donors (Lipinski definition) is 2. The molecule has 0 unspecified atom stereocenters. The first-order valence-corrected chi connectivity index (χ1v) is 9.79. The first-order valence-electron chi connectivity index (χ1n) is 9.79. The molecule has 1 aromatic heterocycles. The summed E-state index contributed by atoms with van der Waals surface area (Å²) >= 11 is 0. The van der Waals surface area contributed by atoms with E-state index in [0.717, 1.165) is 61.2 Å². The van der Waals surface area contributed by atoms with Crippen LogP contribution in [0.25, 0.3) is 0 Å². The lowest BCUT2D eigenvalue weighted by atomic mass is 9.96. The zero-order valence-corrected chi connectivity index (χ0v) is 20.3. The molecule has 9 nitrogen and oxygen atoms in total. The second-order valence-electron chi connectivity index (χ2n) is 6.87. The molecule has 1 aliphatic rings. The van der Waals surface area contributed by atoms with E-state index < -0.39 is 0 Å². The molecule has 1 aliphatic heterocycles. The Morgan fingerprint density at radius 1 is 1.17 bits per heavy atom. The van der Waals surface area contributed by atoms with Gasteiger partial charge < -0.3 is 24.4 Å². The van der Waals surface area contributed by atoms with Crippen molar-refractivity contribution in [2.45, 2.75) is 25.2 Å². The van der Waals surface area contributed by atoms with E-state index in [2.05, 4.69) is 30.4 Å². The van der Waals surface area contributed by atoms with Crippen LogP contribution in [0.2, 0.25) is 0 Å². The maximum absolute atomic E-state index is 5.54. The van der Waals surface area contributed by atoms with Gasteiger partial charge in [0.05, 0.1) is 21.3 Å². The fourth-order valence-corrected chi connectivity index (χ4v) is 3.73. The summed E-state index contributed by atoms with van der Waals surface area (Å²) in [6, 6.07) is 3.75. The minimum Gasteiger partial charge on any atom is -0.496 e. The van der Waals surface area contributed by atoms with E-state index in [1.807, 2.05) is 19.2 Å². The van der Waals surface area contributed by atoms with Crippen LogP contribution in [0, 0.1) is 0 Å². The number of piperidine rings is 1. The van der Waals surface area contributed by atoms with E-state index in [1.54, 1.807) is 27.7 Å². The molecule has 3 rings (SSSR count). The van der Waals surface area contributed by atoms with Crippen molar-refractivity contribution in [1.82, 2.24) is 25.4 Å². The van der Waals surface area contributed by atoms with Crippen LogP contribution in [0.5, 0.6) is 17.2 Å². The van der Waals surface area contributed by atoms with Crippen molar-refractivity contribution in [1.29, 1.82) is 0 Å². The quantitative estimate of drug-likeness (QED) is 0.323. The highest BCUT2D eigenvalue weighted by molar-refractivity contribution is 14.0.